The molecule has 0 fully saturated rings. The highest BCUT2D eigenvalue weighted by atomic mass is 16.3. The number of Topliss-reactive ketones (excluding diaryl/α,β-unsaturated/α-hetero) is 1. The summed E-state index contributed by atoms with van der Waals surface area (Å²) in [5, 5.41) is 9.16. The number of ketones is 1. The topological polar surface area (TPSA) is 37.3 Å². The molecule has 3 aromatic carbocycles. The van der Waals surface area contributed by atoms with Crippen LogP contribution < -0.4 is 0 Å². The van der Waals surface area contributed by atoms with Crippen molar-refractivity contribution >= 4 is 5.78 Å². The quantitative estimate of drug-likeness (QED) is 0.747. The number of hydrogen-bond donors (Lipinski definition) is 1. The molecule has 26 heavy (non-hydrogen) atoms. The highest BCUT2D eigenvalue weighted by molar-refractivity contribution is 5.83. The van der Waals surface area contributed by atoms with E-state index in [1.807, 2.05) is 6.07 Å². The molecule has 0 saturated carbocycles. The third-order valence-electron chi connectivity index (χ3n) is 5.35. The smallest absolute Gasteiger partial charge is 0.161 e. The third kappa shape index (κ3) is 3.33. The van der Waals surface area contributed by atoms with Crippen LogP contribution in [0, 0.1) is 5.92 Å². The van der Waals surface area contributed by atoms with Gasteiger partial charge in [0.05, 0.1) is 0 Å². The van der Waals surface area contributed by atoms with E-state index in [4.69, 9.17) is 5.11 Å². The van der Waals surface area contributed by atoms with Crippen molar-refractivity contribution in [2.24, 2.45) is 5.92 Å². The first-order chi connectivity index (χ1) is 12.7. The van der Waals surface area contributed by atoms with Crippen LogP contribution in [0.2, 0.25) is 0 Å². The molecule has 130 valence electrons. The fourth-order valence-corrected chi connectivity index (χ4v) is 3.85. The Morgan fingerprint density at radius 2 is 1.50 bits per heavy atom. The van der Waals surface area contributed by atoms with Crippen LogP contribution in [-0.4, -0.2) is 17.5 Å². The molecule has 1 N–H and O–H groups in total. The number of hydrogen-bond acceptors (Lipinski definition) is 2. The van der Waals surface area contributed by atoms with Gasteiger partial charge in [-0.15, -0.1) is 0 Å². The summed E-state index contributed by atoms with van der Waals surface area (Å²) in [6.45, 7) is -0.348. The van der Waals surface area contributed by atoms with Gasteiger partial charge in [0.2, 0.25) is 0 Å². The fourth-order valence-electron chi connectivity index (χ4n) is 3.85. The molecule has 1 atom stereocenters. The SMILES string of the molecule is O=C(CO)C1CCc2ccc(-c3cccc(-c4ccccc4)c3)cc2C1. The molecule has 1 aliphatic rings. The van der Waals surface area contributed by atoms with Gasteiger partial charge >= 0.3 is 0 Å². The monoisotopic (exact) mass is 342 g/mol. The standard InChI is InChI=1S/C24H22O2/c25-16-24(26)22-12-10-18-9-11-21(14-23(18)15-22)20-8-4-7-19(13-20)17-5-2-1-3-6-17/h1-9,11,13-14,22,25H,10,12,15-16H2. The van der Waals surface area contributed by atoms with Gasteiger partial charge in [-0.1, -0.05) is 66.7 Å². The van der Waals surface area contributed by atoms with E-state index < -0.39 is 0 Å². The van der Waals surface area contributed by atoms with Crippen LogP contribution in [0.3, 0.4) is 0 Å². The molecule has 0 aliphatic heterocycles. The maximum atomic E-state index is 11.9. The fraction of sp³-hybridized carbons (Fsp3) is 0.208. The van der Waals surface area contributed by atoms with E-state index >= 15 is 0 Å². The predicted molar refractivity (Wildman–Crippen MR) is 105 cm³/mol. The molecule has 2 nitrogen and oxygen atoms in total. The molecule has 0 spiro atoms. The van der Waals surface area contributed by atoms with E-state index in [1.165, 1.54) is 33.4 Å². The van der Waals surface area contributed by atoms with E-state index in [-0.39, 0.29) is 18.3 Å². The van der Waals surface area contributed by atoms with Gasteiger partial charge in [0, 0.05) is 5.92 Å². The zero-order valence-electron chi connectivity index (χ0n) is 14.7. The first-order valence-electron chi connectivity index (χ1n) is 9.16. The van der Waals surface area contributed by atoms with Crippen molar-refractivity contribution in [3.8, 4) is 22.3 Å². The number of aliphatic hydroxyl groups is 1. The van der Waals surface area contributed by atoms with Crippen molar-refractivity contribution in [1.29, 1.82) is 0 Å². The van der Waals surface area contributed by atoms with E-state index in [1.54, 1.807) is 0 Å². The molecular weight excluding hydrogens is 320 g/mol. The zero-order chi connectivity index (χ0) is 17.9. The molecule has 0 radical (unpaired) electrons. The predicted octanol–water partition coefficient (Wildman–Crippen LogP) is 4.69. The Balaban J connectivity index is 1.66. The van der Waals surface area contributed by atoms with Gasteiger partial charge in [0.1, 0.15) is 6.61 Å². The summed E-state index contributed by atoms with van der Waals surface area (Å²) in [5.41, 5.74) is 7.35. The van der Waals surface area contributed by atoms with Crippen molar-refractivity contribution in [1.82, 2.24) is 0 Å². The highest BCUT2D eigenvalue weighted by Crippen LogP contribution is 2.32. The maximum Gasteiger partial charge on any atom is 0.161 e. The number of aliphatic hydroxyl groups excluding tert-OH is 1. The van der Waals surface area contributed by atoms with Crippen LogP contribution in [0.5, 0.6) is 0 Å². The average Bonchev–Trinajstić information content (AvgIpc) is 2.73. The van der Waals surface area contributed by atoms with Gasteiger partial charge in [-0.25, -0.2) is 0 Å². The minimum absolute atomic E-state index is 0.0351. The van der Waals surface area contributed by atoms with Crippen LogP contribution in [0.25, 0.3) is 22.3 Å². The molecule has 4 rings (SSSR count). The van der Waals surface area contributed by atoms with Crippen molar-refractivity contribution in [2.75, 3.05) is 6.61 Å². The first kappa shape index (κ1) is 16.7. The van der Waals surface area contributed by atoms with Gasteiger partial charge in [0.25, 0.3) is 0 Å². The second-order valence-corrected chi connectivity index (χ2v) is 6.99. The zero-order valence-corrected chi connectivity index (χ0v) is 14.7. The number of benzene rings is 3. The molecule has 0 bridgehead atoms. The van der Waals surface area contributed by atoms with Crippen LogP contribution in [0.4, 0.5) is 0 Å². The number of rotatable bonds is 4. The molecule has 1 aliphatic carbocycles. The average molecular weight is 342 g/mol. The Bertz CT molecular complexity index is 928. The molecule has 0 amide bonds. The summed E-state index contributed by atoms with van der Waals surface area (Å²) in [7, 11) is 0. The number of carbonyl (C=O) groups is 1. The summed E-state index contributed by atoms with van der Waals surface area (Å²) in [5.74, 6) is -0.0782. The number of carbonyl (C=O) groups excluding carboxylic acids is 1. The largest absolute Gasteiger partial charge is 0.389 e. The van der Waals surface area contributed by atoms with Crippen molar-refractivity contribution in [2.45, 2.75) is 19.3 Å². The third-order valence-corrected chi connectivity index (χ3v) is 5.35. The Hall–Kier alpha value is -2.71. The summed E-state index contributed by atoms with van der Waals surface area (Å²) >= 11 is 0. The molecule has 3 aromatic rings. The lowest BCUT2D eigenvalue weighted by atomic mass is 9.80. The Morgan fingerprint density at radius 3 is 2.27 bits per heavy atom. The van der Waals surface area contributed by atoms with E-state index in [0.717, 1.165) is 19.3 Å². The number of fused-ring (bicyclic) bond motifs is 1. The van der Waals surface area contributed by atoms with Crippen molar-refractivity contribution in [3.63, 3.8) is 0 Å². The lowest BCUT2D eigenvalue weighted by molar-refractivity contribution is -0.125. The Labute approximate surface area is 154 Å². The minimum Gasteiger partial charge on any atom is -0.389 e. The molecular formula is C24H22O2. The first-order valence-corrected chi connectivity index (χ1v) is 9.16. The van der Waals surface area contributed by atoms with Gasteiger partial charge in [0.15, 0.2) is 5.78 Å². The lowest BCUT2D eigenvalue weighted by Gasteiger charge is -2.23. The van der Waals surface area contributed by atoms with Gasteiger partial charge in [-0.2, -0.15) is 0 Å². The summed E-state index contributed by atoms with van der Waals surface area (Å²) < 4.78 is 0. The van der Waals surface area contributed by atoms with E-state index in [9.17, 15) is 4.79 Å². The molecule has 0 aromatic heterocycles. The summed E-state index contributed by atoms with van der Waals surface area (Å²) in [6.07, 6.45) is 2.49. The van der Waals surface area contributed by atoms with Crippen molar-refractivity contribution in [3.05, 3.63) is 83.9 Å². The maximum absolute atomic E-state index is 11.9. The van der Waals surface area contributed by atoms with Crippen molar-refractivity contribution < 1.29 is 9.90 Å². The number of aryl methyl sites for hydroxylation is 1. The van der Waals surface area contributed by atoms with Gasteiger partial charge in [-0.3, -0.25) is 4.79 Å². The van der Waals surface area contributed by atoms with Crippen LogP contribution in [0.1, 0.15) is 17.5 Å². The van der Waals surface area contributed by atoms with Crippen LogP contribution in [-0.2, 0) is 17.6 Å². The van der Waals surface area contributed by atoms with Gasteiger partial charge < -0.3 is 5.11 Å². The van der Waals surface area contributed by atoms with Gasteiger partial charge in [-0.05, 0) is 58.7 Å². The minimum atomic E-state index is -0.348. The normalized spacial score (nSPS) is 16.1. The Morgan fingerprint density at radius 1 is 0.808 bits per heavy atom. The van der Waals surface area contributed by atoms with E-state index in [2.05, 4.69) is 66.7 Å². The molecule has 1 unspecified atom stereocenters. The lowest BCUT2D eigenvalue weighted by Crippen LogP contribution is -2.24. The molecule has 0 heterocycles. The second kappa shape index (κ2) is 7.27. The van der Waals surface area contributed by atoms with E-state index in [0.29, 0.717) is 0 Å². The second-order valence-electron chi connectivity index (χ2n) is 6.99. The summed E-state index contributed by atoms with van der Waals surface area (Å²) in [4.78, 5) is 11.9. The van der Waals surface area contributed by atoms with Crippen LogP contribution >= 0.6 is 0 Å². The Kier molecular flexibility index (Phi) is 4.68. The highest BCUT2D eigenvalue weighted by Gasteiger charge is 2.24. The summed E-state index contributed by atoms with van der Waals surface area (Å²) in [6, 6.07) is 25.5. The molecule has 0 saturated heterocycles. The molecule has 2 heteroatoms. The van der Waals surface area contributed by atoms with Crippen LogP contribution in [0.15, 0.2) is 72.8 Å².